The zero-order valence-electron chi connectivity index (χ0n) is 11.0. The van der Waals surface area contributed by atoms with Crippen molar-refractivity contribution in [1.82, 2.24) is 10.2 Å². The summed E-state index contributed by atoms with van der Waals surface area (Å²) in [5, 5.41) is 3.24. The minimum absolute atomic E-state index is 0.00846. The maximum Gasteiger partial charge on any atom is 0.317 e. The number of hydrogen-bond acceptors (Lipinski definition) is 1. The molecule has 0 saturated carbocycles. The lowest BCUT2D eigenvalue weighted by Gasteiger charge is -2.36. The molecule has 0 spiro atoms. The lowest BCUT2D eigenvalue weighted by atomic mass is 9.90. The molecule has 1 N–H and O–H groups in total. The number of amides is 2. The molecule has 0 aromatic carbocycles. The van der Waals surface area contributed by atoms with Crippen molar-refractivity contribution in [2.45, 2.75) is 64.8 Å². The molecule has 1 aliphatic heterocycles. The molecule has 0 aromatic rings. The molecule has 94 valence electrons. The standard InChI is InChI=1S/C13H26N2O/c1-4-13(5-2,6-3)14-12(16)15-10-8-7-9-11-15/h4-11H2,1-3H3,(H,14,16). The van der Waals surface area contributed by atoms with E-state index in [1.54, 1.807) is 0 Å². The molecule has 3 nitrogen and oxygen atoms in total. The van der Waals surface area contributed by atoms with Crippen molar-refractivity contribution in [2.75, 3.05) is 13.1 Å². The summed E-state index contributed by atoms with van der Waals surface area (Å²) in [4.78, 5) is 14.1. The van der Waals surface area contributed by atoms with E-state index in [2.05, 4.69) is 26.1 Å². The number of urea groups is 1. The number of hydrogen-bond donors (Lipinski definition) is 1. The first-order valence-electron chi connectivity index (χ1n) is 6.74. The topological polar surface area (TPSA) is 32.3 Å². The number of likely N-dealkylation sites (tertiary alicyclic amines) is 1. The Morgan fingerprint density at radius 2 is 1.56 bits per heavy atom. The molecule has 0 aliphatic carbocycles. The van der Waals surface area contributed by atoms with Gasteiger partial charge in [0.05, 0.1) is 0 Å². The highest BCUT2D eigenvalue weighted by molar-refractivity contribution is 5.75. The van der Waals surface area contributed by atoms with Crippen molar-refractivity contribution >= 4 is 6.03 Å². The molecule has 1 fully saturated rings. The molecule has 0 atom stereocenters. The zero-order chi connectivity index (χ0) is 12.0. The van der Waals surface area contributed by atoms with Gasteiger partial charge in [0.25, 0.3) is 0 Å². The van der Waals surface area contributed by atoms with Crippen molar-refractivity contribution in [3.63, 3.8) is 0 Å². The molecule has 1 saturated heterocycles. The molecule has 0 bridgehead atoms. The normalized spacial score (nSPS) is 17.3. The van der Waals surface area contributed by atoms with Crippen molar-refractivity contribution < 1.29 is 4.79 Å². The van der Waals surface area contributed by atoms with Crippen LogP contribution in [-0.2, 0) is 0 Å². The van der Waals surface area contributed by atoms with Gasteiger partial charge in [-0.25, -0.2) is 4.79 Å². The Hall–Kier alpha value is -0.730. The smallest absolute Gasteiger partial charge is 0.317 e. The number of carbonyl (C=O) groups is 1. The number of carbonyl (C=O) groups excluding carboxylic acids is 1. The predicted molar refractivity (Wildman–Crippen MR) is 67.6 cm³/mol. The van der Waals surface area contributed by atoms with E-state index in [0.29, 0.717) is 0 Å². The molecule has 3 heteroatoms. The summed E-state index contributed by atoms with van der Waals surface area (Å²) in [6, 6.07) is 0.144. The van der Waals surface area contributed by atoms with Crippen LogP contribution in [0.3, 0.4) is 0 Å². The highest BCUT2D eigenvalue weighted by Crippen LogP contribution is 2.20. The van der Waals surface area contributed by atoms with Gasteiger partial charge in [0.2, 0.25) is 0 Å². The fourth-order valence-electron chi connectivity index (χ4n) is 2.42. The van der Waals surface area contributed by atoms with Crippen LogP contribution in [0.5, 0.6) is 0 Å². The van der Waals surface area contributed by atoms with Crippen LogP contribution >= 0.6 is 0 Å². The molecule has 0 unspecified atom stereocenters. The van der Waals surface area contributed by atoms with Crippen LogP contribution in [0.25, 0.3) is 0 Å². The largest absolute Gasteiger partial charge is 0.333 e. The van der Waals surface area contributed by atoms with Gasteiger partial charge in [-0.2, -0.15) is 0 Å². The van der Waals surface area contributed by atoms with Gasteiger partial charge in [-0.1, -0.05) is 20.8 Å². The number of nitrogens with zero attached hydrogens (tertiary/aromatic N) is 1. The molecule has 0 aromatic heterocycles. The van der Waals surface area contributed by atoms with Gasteiger partial charge in [-0.05, 0) is 38.5 Å². The summed E-state index contributed by atoms with van der Waals surface area (Å²) in [5.41, 5.74) is 0.00846. The van der Waals surface area contributed by atoms with E-state index in [1.807, 2.05) is 4.90 Å². The third-order valence-corrected chi connectivity index (χ3v) is 4.05. The number of nitrogens with one attached hydrogen (secondary N) is 1. The second kappa shape index (κ2) is 6.12. The molecular formula is C13H26N2O. The second-order valence-corrected chi connectivity index (χ2v) is 4.82. The minimum atomic E-state index is 0.00846. The fraction of sp³-hybridized carbons (Fsp3) is 0.923. The van der Waals surface area contributed by atoms with Gasteiger partial charge in [-0.15, -0.1) is 0 Å². The Morgan fingerprint density at radius 3 is 2.00 bits per heavy atom. The van der Waals surface area contributed by atoms with Gasteiger partial charge in [-0.3, -0.25) is 0 Å². The molecule has 1 heterocycles. The van der Waals surface area contributed by atoms with Crippen LogP contribution in [0.15, 0.2) is 0 Å². The molecule has 1 aliphatic rings. The van der Waals surface area contributed by atoms with Crippen LogP contribution in [0, 0.1) is 0 Å². The third-order valence-electron chi connectivity index (χ3n) is 4.05. The SMILES string of the molecule is CCC(CC)(CC)NC(=O)N1CCCCC1. The first kappa shape index (κ1) is 13.3. The van der Waals surface area contributed by atoms with Crippen LogP contribution in [0.4, 0.5) is 4.79 Å². The molecule has 2 amide bonds. The summed E-state index contributed by atoms with van der Waals surface area (Å²) in [6.45, 7) is 8.33. The Morgan fingerprint density at radius 1 is 1.06 bits per heavy atom. The summed E-state index contributed by atoms with van der Waals surface area (Å²) in [5.74, 6) is 0. The highest BCUT2D eigenvalue weighted by Gasteiger charge is 2.28. The third kappa shape index (κ3) is 3.13. The van der Waals surface area contributed by atoms with Gasteiger partial charge >= 0.3 is 6.03 Å². The maximum atomic E-state index is 12.1. The fourth-order valence-corrected chi connectivity index (χ4v) is 2.42. The number of piperidine rings is 1. The first-order valence-corrected chi connectivity index (χ1v) is 6.74. The van der Waals surface area contributed by atoms with E-state index in [0.717, 1.165) is 45.2 Å². The van der Waals surface area contributed by atoms with Crippen LogP contribution in [0.1, 0.15) is 59.3 Å². The second-order valence-electron chi connectivity index (χ2n) is 4.82. The average molecular weight is 226 g/mol. The van der Waals surface area contributed by atoms with E-state index >= 15 is 0 Å². The van der Waals surface area contributed by atoms with Gasteiger partial charge in [0.15, 0.2) is 0 Å². The van der Waals surface area contributed by atoms with Crippen molar-refractivity contribution in [1.29, 1.82) is 0 Å². The molecule has 16 heavy (non-hydrogen) atoms. The summed E-state index contributed by atoms with van der Waals surface area (Å²) in [6.07, 6.45) is 6.62. The number of rotatable bonds is 4. The van der Waals surface area contributed by atoms with Gasteiger partial charge in [0, 0.05) is 18.6 Å². The van der Waals surface area contributed by atoms with Crippen molar-refractivity contribution in [2.24, 2.45) is 0 Å². The van der Waals surface area contributed by atoms with Crippen molar-refractivity contribution in [3.05, 3.63) is 0 Å². The van der Waals surface area contributed by atoms with Crippen LogP contribution < -0.4 is 5.32 Å². The minimum Gasteiger partial charge on any atom is -0.333 e. The van der Waals surface area contributed by atoms with E-state index < -0.39 is 0 Å². The quantitative estimate of drug-likeness (QED) is 0.784. The van der Waals surface area contributed by atoms with E-state index in [1.165, 1.54) is 6.42 Å². The summed E-state index contributed by atoms with van der Waals surface area (Å²) in [7, 11) is 0. The van der Waals surface area contributed by atoms with Crippen molar-refractivity contribution in [3.8, 4) is 0 Å². The predicted octanol–water partition coefficient (Wildman–Crippen LogP) is 3.15. The molecule has 0 radical (unpaired) electrons. The van der Waals surface area contributed by atoms with Crippen LogP contribution in [-0.4, -0.2) is 29.6 Å². The molecular weight excluding hydrogens is 200 g/mol. The maximum absolute atomic E-state index is 12.1. The Labute approximate surface area is 99.6 Å². The van der Waals surface area contributed by atoms with Gasteiger partial charge < -0.3 is 10.2 Å². The summed E-state index contributed by atoms with van der Waals surface area (Å²) < 4.78 is 0. The Bertz CT molecular complexity index is 210. The van der Waals surface area contributed by atoms with Gasteiger partial charge in [0.1, 0.15) is 0 Å². The lowest BCUT2D eigenvalue weighted by Crippen LogP contribution is -2.53. The Kier molecular flexibility index (Phi) is 5.10. The first-order chi connectivity index (χ1) is 7.67. The zero-order valence-corrected chi connectivity index (χ0v) is 11.0. The average Bonchev–Trinajstić information content (AvgIpc) is 2.37. The highest BCUT2D eigenvalue weighted by atomic mass is 16.2. The molecule has 1 rings (SSSR count). The summed E-state index contributed by atoms with van der Waals surface area (Å²) >= 11 is 0. The van der Waals surface area contributed by atoms with E-state index in [9.17, 15) is 4.79 Å². The monoisotopic (exact) mass is 226 g/mol. The lowest BCUT2D eigenvalue weighted by molar-refractivity contribution is 0.167. The van der Waals surface area contributed by atoms with E-state index in [4.69, 9.17) is 0 Å². The Balaban J connectivity index is 2.53. The van der Waals surface area contributed by atoms with Crippen LogP contribution in [0.2, 0.25) is 0 Å². The van der Waals surface area contributed by atoms with E-state index in [-0.39, 0.29) is 11.6 Å².